The molecule has 0 atom stereocenters. The molecule has 118 valence electrons. The number of hydrogen-bond donors (Lipinski definition) is 0. The summed E-state index contributed by atoms with van der Waals surface area (Å²) >= 11 is 3.16. The third-order valence-electron chi connectivity index (χ3n) is 3.53. The highest BCUT2D eigenvalue weighted by molar-refractivity contribution is 7.98. The Morgan fingerprint density at radius 1 is 1.43 bits per heavy atom. The minimum absolute atomic E-state index is 0.561. The summed E-state index contributed by atoms with van der Waals surface area (Å²) < 4.78 is 7.45. The molecule has 0 spiro atoms. The maximum absolute atomic E-state index is 5.32. The average Bonchev–Trinajstić information content (AvgIpc) is 2.97. The van der Waals surface area contributed by atoms with Crippen molar-refractivity contribution in [3.63, 3.8) is 0 Å². The van der Waals surface area contributed by atoms with Gasteiger partial charge in [-0.1, -0.05) is 29.1 Å². The second-order valence-electron chi connectivity index (χ2n) is 5.29. The Hall–Kier alpha value is -1.93. The van der Waals surface area contributed by atoms with E-state index in [1.54, 1.807) is 23.1 Å². The first-order valence-electron chi connectivity index (χ1n) is 7.38. The smallest absolute Gasteiger partial charge is 0.237 e. The van der Waals surface area contributed by atoms with Crippen LogP contribution in [0.4, 0.5) is 0 Å². The number of thioether (sulfide) groups is 1. The standard InChI is InChI=1S/C15H15N5OS2/c1-2-7-20-14(10-5-6-10)17-18-15(20)23-9-12-16-13(19-21-12)11-4-3-8-22-11/h2-4,8,10H,1,5-7,9H2. The molecule has 0 aliphatic heterocycles. The maximum atomic E-state index is 5.32. The molecule has 0 saturated heterocycles. The topological polar surface area (TPSA) is 69.6 Å². The first-order valence-corrected chi connectivity index (χ1v) is 9.25. The van der Waals surface area contributed by atoms with Gasteiger partial charge in [-0.3, -0.25) is 0 Å². The molecule has 23 heavy (non-hydrogen) atoms. The molecule has 1 aliphatic rings. The molecule has 1 fully saturated rings. The fraction of sp³-hybridized carbons (Fsp3) is 0.333. The molecule has 6 nitrogen and oxygen atoms in total. The largest absolute Gasteiger partial charge is 0.338 e. The van der Waals surface area contributed by atoms with E-state index in [2.05, 4.69) is 31.5 Å². The number of allylic oxidation sites excluding steroid dienone is 1. The second-order valence-corrected chi connectivity index (χ2v) is 7.18. The molecule has 0 aromatic carbocycles. The van der Waals surface area contributed by atoms with E-state index in [-0.39, 0.29) is 0 Å². The van der Waals surface area contributed by atoms with Gasteiger partial charge in [0, 0.05) is 12.5 Å². The number of hydrogen-bond acceptors (Lipinski definition) is 7. The Balaban J connectivity index is 1.47. The van der Waals surface area contributed by atoms with Gasteiger partial charge in [0.05, 0.1) is 10.6 Å². The summed E-state index contributed by atoms with van der Waals surface area (Å²) in [6, 6.07) is 3.96. The van der Waals surface area contributed by atoms with Crippen molar-refractivity contribution in [2.75, 3.05) is 0 Å². The van der Waals surface area contributed by atoms with Crippen molar-refractivity contribution in [1.82, 2.24) is 24.9 Å². The van der Waals surface area contributed by atoms with Crippen molar-refractivity contribution in [3.8, 4) is 10.7 Å². The molecule has 3 heterocycles. The molecular weight excluding hydrogens is 330 g/mol. The lowest BCUT2D eigenvalue weighted by Gasteiger charge is -2.05. The lowest BCUT2D eigenvalue weighted by atomic mass is 10.4. The summed E-state index contributed by atoms with van der Waals surface area (Å²) in [4.78, 5) is 5.44. The number of rotatable bonds is 7. The van der Waals surface area contributed by atoms with Gasteiger partial charge in [-0.15, -0.1) is 28.1 Å². The van der Waals surface area contributed by atoms with Crippen molar-refractivity contribution < 1.29 is 4.52 Å². The molecule has 1 saturated carbocycles. The normalized spacial score (nSPS) is 14.3. The van der Waals surface area contributed by atoms with E-state index in [0.717, 1.165) is 22.4 Å². The van der Waals surface area contributed by atoms with Crippen LogP contribution in [0.15, 0.2) is 39.8 Å². The Kier molecular flexibility index (Phi) is 4.00. The van der Waals surface area contributed by atoms with E-state index in [0.29, 0.717) is 23.4 Å². The monoisotopic (exact) mass is 345 g/mol. The fourth-order valence-corrected chi connectivity index (χ4v) is 3.74. The van der Waals surface area contributed by atoms with Crippen LogP contribution in [0.1, 0.15) is 30.5 Å². The van der Waals surface area contributed by atoms with Crippen LogP contribution < -0.4 is 0 Å². The Labute approximate surface area is 141 Å². The number of thiophene rings is 1. The molecule has 0 radical (unpaired) electrons. The molecular formula is C15H15N5OS2. The van der Waals surface area contributed by atoms with E-state index in [1.807, 2.05) is 23.6 Å². The molecule has 8 heteroatoms. The van der Waals surface area contributed by atoms with Crippen LogP contribution in [-0.2, 0) is 12.3 Å². The highest BCUT2D eigenvalue weighted by atomic mass is 32.2. The number of nitrogens with zero attached hydrogens (tertiary/aromatic N) is 5. The highest BCUT2D eigenvalue weighted by Crippen LogP contribution is 2.40. The van der Waals surface area contributed by atoms with Crippen molar-refractivity contribution in [1.29, 1.82) is 0 Å². The minimum atomic E-state index is 0.561. The van der Waals surface area contributed by atoms with Crippen molar-refractivity contribution in [2.45, 2.75) is 36.2 Å². The van der Waals surface area contributed by atoms with Crippen LogP contribution in [0.5, 0.6) is 0 Å². The molecule has 3 aromatic rings. The molecule has 0 bridgehead atoms. The van der Waals surface area contributed by atoms with Gasteiger partial charge >= 0.3 is 0 Å². The van der Waals surface area contributed by atoms with Gasteiger partial charge < -0.3 is 9.09 Å². The lowest BCUT2D eigenvalue weighted by molar-refractivity contribution is 0.391. The van der Waals surface area contributed by atoms with E-state index < -0.39 is 0 Å². The lowest BCUT2D eigenvalue weighted by Crippen LogP contribution is -2.02. The van der Waals surface area contributed by atoms with Crippen molar-refractivity contribution in [2.24, 2.45) is 0 Å². The summed E-state index contributed by atoms with van der Waals surface area (Å²) in [5, 5.41) is 15.5. The van der Waals surface area contributed by atoms with Crippen LogP contribution in [0, 0.1) is 0 Å². The zero-order valence-corrected chi connectivity index (χ0v) is 14.0. The van der Waals surface area contributed by atoms with E-state index in [9.17, 15) is 0 Å². The van der Waals surface area contributed by atoms with Gasteiger partial charge in [-0.05, 0) is 24.3 Å². The Morgan fingerprint density at radius 3 is 3.09 bits per heavy atom. The molecule has 0 amide bonds. The van der Waals surface area contributed by atoms with Crippen molar-refractivity contribution >= 4 is 23.1 Å². The summed E-state index contributed by atoms with van der Waals surface area (Å²) in [6.07, 6.45) is 4.28. The zero-order valence-electron chi connectivity index (χ0n) is 12.4. The third-order valence-corrected chi connectivity index (χ3v) is 5.35. The zero-order chi connectivity index (χ0) is 15.6. The Morgan fingerprint density at radius 2 is 2.35 bits per heavy atom. The molecule has 1 aliphatic carbocycles. The predicted molar refractivity (Wildman–Crippen MR) is 89.4 cm³/mol. The van der Waals surface area contributed by atoms with Gasteiger partial charge in [-0.2, -0.15) is 4.98 Å². The first kappa shape index (κ1) is 14.6. The summed E-state index contributed by atoms with van der Waals surface area (Å²) in [6.45, 7) is 4.55. The molecule has 4 rings (SSSR count). The van der Waals surface area contributed by atoms with Gasteiger partial charge in [0.1, 0.15) is 5.82 Å². The van der Waals surface area contributed by atoms with Gasteiger partial charge in [0.2, 0.25) is 11.7 Å². The van der Waals surface area contributed by atoms with E-state index in [4.69, 9.17) is 4.52 Å². The predicted octanol–water partition coefficient (Wildman–Crippen LogP) is 3.75. The molecule has 0 unspecified atom stereocenters. The van der Waals surface area contributed by atoms with Crippen LogP contribution >= 0.6 is 23.1 Å². The quantitative estimate of drug-likeness (QED) is 0.480. The van der Waals surface area contributed by atoms with Crippen LogP contribution in [0.2, 0.25) is 0 Å². The van der Waals surface area contributed by atoms with E-state index in [1.165, 1.54) is 12.8 Å². The van der Waals surface area contributed by atoms with E-state index >= 15 is 0 Å². The number of aromatic nitrogens is 5. The average molecular weight is 345 g/mol. The summed E-state index contributed by atoms with van der Waals surface area (Å²) in [7, 11) is 0. The summed E-state index contributed by atoms with van der Waals surface area (Å²) in [5.74, 6) is 3.45. The minimum Gasteiger partial charge on any atom is -0.338 e. The van der Waals surface area contributed by atoms with Gasteiger partial charge in [0.25, 0.3) is 0 Å². The van der Waals surface area contributed by atoms with Crippen LogP contribution in [-0.4, -0.2) is 24.9 Å². The highest BCUT2D eigenvalue weighted by Gasteiger charge is 2.30. The second kappa shape index (κ2) is 6.29. The van der Waals surface area contributed by atoms with Gasteiger partial charge in [0.15, 0.2) is 5.16 Å². The maximum Gasteiger partial charge on any atom is 0.237 e. The fourth-order valence-electron chi connectivity index (χ4n) is 2.30. The van der Waals surface area contributed by atoms with Gasteiger partial charge in [-0.25, -0.2) is 0 Å². The Bertz CT molecular complexity index is 804. The SMILES string of the molecule is C=CCn1c(SCc2nc(-c3cccs3)no2)nnc1C1CC1. The molecule has 0 N–H and O–H groups in total. The van der Waals surface area contributed by atoms with Crippen molar-refractivity contribution in [3.05, 3.63) is 41.9 Å². The van der Waals surface area contributed by atoms with Crippen LogP contribution in [0.3, 0.4) is 0 Å². The first-order chi connectivity index (χ1) is 11.3. The van der Waals surface area contributed by atoms with Crippen LogP contribution in [0.25, 0.3) is 10.7 Å². The molecule has 3 aromatic heterocycles. The summed E-state index contributed by atoms with van der Waals surface area (Å²) in [5.41, 5.74) is 0. The third kappa shape index (κ3) is 3.09.